The van der Waals surface area contributed by atoms with Crippen molar-refractivity contribution >= 4 is 0 Å². The molecule has 2 rings (SSSR count). The van der Waals surface area contributed by atoms with Crippen molar-refractivity contribution in [3.05, 3.63) is 59.2 Å². The molecule has 0 fully saturated rings. The fourth-order valence-electron chi connectivity index (χ4n) is 1.94. The van der Waals surface area contributed by atoms with E-state index in [9.17, 15) is 13.9 Å². The van der Waals surface area contributed by atoms with Crippen LogP contribution in [0.1, 0.15) is 17.2 Å². The van der Waals surface area contributed by atoms with Crippen LogP contribution >= 0.6 is 0 Å². The Balaban J connectivity index is 2.45. The van der Waals surface area contributed by atoms with Crippen LogP contribution in [-0.4, -0.2) is 19.3 Å². The molecule has 2 aromatic carbocycles. The molecule has 0 aromatic heterocycles. The number of hydrogen-bond acceptors (Lipinski definition) is 3. The third-order valence-electron chi connectivity index (χ3n) is 2.98. The normalized spacial score (nSPS) is 12.1. The van der Waals surface area contributed by atoms with Gasteiger partial charge in [-0.15, -0.1) is 0 Å². The van der Waals surface area contributed by atoms with Gasteiger partial charge in [0.15, 0.2) is 11.6 Å². The van der Waals surface area contributed by atoms with Crippen molar-refractivity contribution in [3.63, 3.8) is 0 Å². The van der Waals surface area contributed by atoms with E-state index in [0.29, 0.717) is 11.3 Å². The smallest absolute Gasteiger partial charge is 0.165 e. The van der Waals surface area contributed by atoms with E-state index in [-0.39, 0.29) is 11.3 Å². The molecule has 0 amide bonds. The summed E-state index contributed by atoms with van der Waals surface area (Å²) in [6, 6.07) is 7.80. The van der Waals surface area contributed by atoms with Gasteiger partial charge in [0.25, 0.3) is 0 Å². The fourth-order valence-corrected chi connectivity index (χ4v) is 1.94. The molecule has 1 atom stereocenters. The Kier molecular flexibility index (Phi) is 4.20. The van der Waals surface area contributed by atoms with E-state index in [1.54, 1.807) is 0 Å². The first-order chi connectivity index (χ1) is 9.56. The first-order valence-electron chi connectivity index (χ1n) is 5.91. The van der Waals surface area contributed by atoms with E-state index in [1.165, 1.54) is 50.6 Å². The van der Waals surface area contributed by atoms with Crippen molar-refractivity contribution < 1.29 is 23.4 Å². The maximum Gasteiger partial charge on any atom is 0.165 e. The van der Waals surface area contributed by atoms with E-state index < -0.39 is 17.7 Å². The molecule has 0 aliphatic carbocycles. The molecule has 106 valence electrons. The molecule has 0 bridgehead atoms. The summed E-state index contributed by atoms with van der Waals surface area (Å²) in [4.78, 5) is 0. The SMILES string of the molecule is COc1cc(C(O)c2cc(F)ccc2OC)ccc1F. The lowest BCUT2D eigenvalue weighted by atomic mass is 10.00. The van der Waals surface area contributed by atoms with Gasteiger partial charge in [0.05, 0.1) is 14.2 Å². The highest BCUT2D eigenvalue weighted by Crippen LogP contribution is 2.32. The van der Waals surface area contributed by atoms with E-state index >= 15 is 0 Å². The summed E-state index contributed by atoms with van der Waals surface area (Å²) in [5.41, 5.74) is 0.647. The van der Waals surface area contributed by atoms with Crippen molar-refractivity contribution in [2.75, 3.05) is 14.2 Å². The first-order valence-corrected chi connectivity index (χ1v) is 5.91. The van der Waals surface area contributed by atoms with Crippen LogP contribution in [-0.2, 0) is 0 Å². The minimum Gasteiger partial charge on any atom is -0.496 e. The number of rotatable bonds is 4. The third kappa shape index (κ3) is 2.72. The molecule has 3 nitrogen and oxygen atoms in total. The number of halogens is 2. The summed E-state index contributed by atoms with van der Waals surface area (Å²) in [6.07, 6.45) is -1.14. The highest BCUT2D eigenvalue weighted by atomic mass is 19.1. The quantitative estimate of drug-likeness (QED) is 0.935. The van der Waals surface area contributed by atoms with Gasteiger partial charge >= 0.3 is 0 Å². The predicted octanol–water partition coefficient (Wildman–Crippen LogP) is 3.06. The van der Waals surface area contributed by atoms with Crippen LogP contribution in [0.4, 0.5) is 8.78 Å². The molecule has 0 saturated carbocycles. The van der Waals surface area contributed by atoms with Gasteiger partial charge in [-0.3, -0.25) is 0 Å². The van der Waals surface area contributed by atoms with Gasteiger partial charge in [-0.1, -0.05) is 6.07 Å². The summed E-state index contributed by atoms with van der Waals surface area (Å²) in [5.74, 6) is -0.664. The third-order valence-corrected chi connectivity index (χ3v) is 2.98. The zero-order valence-corrected chi connectivity index (χ0v) is 11.1. The molecule has 1 N–H and O–H groups in total. The standard InChI is InChI=1S/C15H14F2O3/c1-19-13-6-4-10(16)8-11(13)15(18)9-3-5-12(17)14(7-9)20-2/h3-8,15,18H,1-2H3. The Morgan fingerprint density at radius 3 is 2.30 bits per heavy atom. The van der Waals surface area contributed by atoms with Crippen molar-refractivity contribution in [1.82, 2.24) is 0 Å². The Labute approximate surface area is 115 Å². The molecule has 0 heterocycles. The van der Waals surface area contributed by atoms with Crippen LogP contribution in [0.3, 0.4) is 0 Å². The van der Waals surface area contributed by atoms with Gasteiger partial charge in [0.1, 0.15) is 17.7 Å². The second-order valence-corrected chi connectivity index (χ2v) is 4.18. The summed E-state index contributed by atoms with van der Waals surface area (Å²) in [5, 5.41) is 10.3. The Morgan fingerprint density at radius 2 is 1.65 bits per heavy atom. The molecule has 0 aliphatic heterocycles. The maximum absolute atomic E-state index is 13.4. The molecule has 0 saturated heterocycles. The van der Waals surface area contributed by atoms with E-state index in [2.05, 4.69) is 0 Å². The lowest BCUT2D eigenvalue weighted by Gasteiger charge is -2.16. The topological polar surface area (TPSA) is 38.7 Å². The molecule has 0 radical (unpaired) electrons. The molecular weight excluding hydrogens is 266 g/mol. The number of benzene rings is 2. The number of hydrogen-bond donors (Lipinski definition) is 1. The first kappa shape index (κ1) is 14.3. The van der Waals surface area contributed by atoms with Crippen LogP contribution in [0.15, 0.2) is 36.4 Å². The number of aliphatic hydroxyl groups excluding tert-OH is 1. The van der Waals surface area contributed by atoms with Crippen molar-refractivity contribution in [2.45, 2.75) is 6.10 Å². The highest BCUT2D eigenvalue weighted by molar-refractivity contribution is 5.42. The average molecular weight is 280 g/mol. The number of aliphatic hydroxyl groups is 1. The van der Waals surface area contributed by atoms with Crippen LogP contribution in [0, 0.1) is 11.6 Å². The second-order valence-electron chi connectivity index (χ2n) is 4.18. The molecular formula is C15H14F2O3. The summed E-state index contributed by atoms with van der Waals surface area (Å²) in [7, 11) is 2.76. The number of methoxy groups -OCH3 is 2. The van der Waals surface area contributed by atoms with Crippen LogP contribution in [0.5, 0.6) is 11.5 Å². The maximum atomic E-state index is 13.4. The zero-order chi connectivity index (χ0) is 14.7. The van der Waals surface area contributed by atoms with Gasteiger partial charge in [-0.2, -0.15) is 0 Å². The van der Waals surface area contributed by atoms with E-state index in [4.69, 9.17) is 9.47 Å². The zero-order valence-electron chi connectivity index (χ0n) is 11.1. The Morgan fingerprint density at radius 1 is 0.950 bits per heavy atom. The highest BCUT2D eigenvalue weighted by Gasteiger charge is 2.18. The van der Waals surface area contributed by atoms with E-state index in [1.807, 2.05) is 0 Å². The van der Waals surface area contributed by atoms with Crippen molar-refractivity contribution in [3.8, 4) is 11.5 Å². The molecule has 2 aromatic rings. The predicted molar refractivity (Wildman–Crippen MR) is 70.0 cm³/mol. The van der Waals surface area contributed by atoms with Crippen molar-refractivity contribution in [1.29, 1.82) is 0 Å². The molecule has 0 spiro atoms. The fraction of sp³-hybridized carbons (Fsp3) is 0.200. The molecule has 1 unspecified atom stereocenters. The summed E-state index contributed by atoms with van der Waals surface area (Å²) >= 11 is 0. The average Bonchev–Trinajstić information content (AvgIpc) is 2.47. The lowest BCUT2D eigenvalue weighted by Crippen LogP contribution is -2.04. The Bertz CT molecular complexity index is 614. The monoisotopic (exact) mass is 280 g/mol. The molecule has 20 heavy (non-hydrogen) atoms. The second kappa shape index (κ2) is 5.88. The van der Waals surface area contributed by atoms with Gasteiger partial charge in [0.2, 0.25) is 0 Å². The Hall–Kier alpha value is -2.14. The van der Waals surface area contributed by atoms with Crippen molar-refractivity contribution in [2.24, 2.45) is 0 Å². The minimum absolute atomic E-state index is 0.0110. The van der Waals surface area contributed by atoms with Crippen LogP contribution in [0.2, 0.25) is 0 Å². The van der Waals surface area contributed by atoms with Crippen LogP contribution < -0.4 is 9.47 Å². The summed E-state index contributed by atoms with van der Waals surface area (Å²) < 4.78 is 36.6. The summed E-state index contributed by atoms with van der Waals surface area (Å²) in [6.45, 7) is 0. The largest absolute Gasteiger partial charge is 0.496 e. The molecule has 5 heteroatoms. The van der Waals surface area contributed by atoms with Gasteiger partial charge in [0, 0.05) is 5.56 Å². The van der Waals surface area contributed by atoms with Gasteiger partial charge in [-0.05, 0) is 35.9 Å². The number of ether oxygens (including phenoxy) is 2. The van der Waals surface area contributed by atoms with E-state index in [0.717, 1.165) is 0 Å². The van der Waals surface area contributed by atoms with Gasteiger partial charge in [-0.25, -0.2) is 8.78 Å². The van der Waals surface area contributed by atoms with Gasteiger partial charge < -0.3 is 14.6 Å². The minimum atomic E-state index is -1.14. The van der Waals surface area contributed by atoms with Crippen LogP contribution in [0.25, 0.3) is 0 Å². The molecule has 0 aliphatic rings. The lowest BCUT2D eigenvalue weighted by molar-refractivity contribution is 0.213.